The van der Waals surface area contributed by atoms with Gasteiger partial charge in [0.1, 0.15) is 0 Å². The van der Waals surface area contributed by atoms with Crippen molar-refractivity contribution in [3.63, 3.8) is 0 Å². The zero-order valence-corrected chi connectivity index (χ0v) is 18.7. The van der Waals surface area contributed by atoms with Gasteiger partial charge in [-0.05, 0) is 43.4 Å². The van der Waals surface area contributed by atoms with Gasteiger partial charge in [0.15, 0.2) is 5.96 Å². The maximum absolute atomic E-state index is 12.9. The molecule has 2 aliphatic heterocycles. The van der Waals surface area contributed by atoms with Crippen LogP contribution in [0.15, 0.2) is 34.2 Å². The highest BCUT2D eigenvalue weighted by atomic mass is 32.2. The lowest BCUT2D eigenvalue weighted by Crippen LogP contribution is -2.46. The summed E-state index contributed by atoms with van der Waals surface area (Å²) in [4.78, 5) is 18.5. The molecular weight excluding hydrogens is 404 g/mol. The Morgan fingerprint density at radius 2 is 1.87 bits per heavy atom. The molecule has 3 rings (SSSR count). The average Bonchev–Trinajstić information content (AvgIpc) is 2.80. The molecule has 0 aromatic heterocycles. The predicted octanol–water partition coefficient (Wildman–Crippen LogP) is 1.82. The molecule has 8 nitrogen and oxygen atoms in total. The molecule has 1 aromatic carbocycles. The Morgan fingerprint density at radius 1 is 1.17 bits per heavy atom. The van der Waals surface area contributed by atoms with Crippen molar-refractivity contribution >= 4 is 22.0 Å². The number of aliphatic imine (C=N–C) groups is 1. The van der Waals surface area contributed by atoms with Gasteiger partial charge in [-0.25, -0.2) is 8.42 Å². The van der Waals surface area contributed by atoms with Gasteiger partial charge < -0.3 is 15.0 Å². The molecule has 1 N–H and O–H groups in total. The van der Waals surface area contributed by atoms with E-state index in [-0.39, 0.29) is 11.9 Å². The van der Waals surface area contributed by atoms with Crippen LogP contribution < -0.4 is 5.32 Å². The number of sulfonamides is 1. The molecule has 1 aromatic rings. The van der Waals surface area contributed by atoms with E-state index in [1.807, 2.05) is 6.07 Å². The van der Waals surface area contributed by atoms with E-state index < -0.39 is 10.0 Å². The molecule has 30 heavy (non-hydrogen) atoms. The summed E-state index contributed by atoms with van der Waals surface area (Å²) in [6, 6.07) is 7.12. The average molecular weight is 437 g/mol. The number of nitrogens with one attached hydrogen (secondary N) is 1. The van der Waals surface area contributed by atoms with E-state index in [4.69, 9.17) is 4.74 Å². The van der Waals surface area contributed by atoms with Crippen molar-refractivity contribution < 1.29 is 17.9 Å². The van der Waals surface area contributed by atoms with Gasteiger partial charge in [0, 0.05) is 39.8 Å². The number of hydrogen-bond donors (Lipinski definition) is 1. The highest BCUT2D eigenvalue weighted by molar-refractivity contribution is 7.89. The Bertz CT molecular complexity index is 858. The van der Waals surface area contributed by atoms with Crippen LogP contribution in [0.3, 0.4) is 0 Å². The van der Waals surface area contributed by atoms with Gasteiger partial charge in [0.25, 0.3) is 0 Å². The first-order valence-corrected chi connectivity index (χ1v) is 12.0. The summed E-state index contributed by atoms with van der Waals surface area (Å²) in [5.74, 6) is 0.549. The normalized spacial score (nSPS) is 19.5. The number of benzene rings is 1. The van der Waals surface area contributed by atoms with Crippen molar-refractivity contribution in [1.82, 2.24) is 14.5 Å². The van der Waals surface area contributed by atoms with Crippen molar-refractivity contribution in [3.05, 3.63) is 29.8 Å². The summed E-state index contributed by atoms with van der Waals surface area (Å²) in [5.41, 5.74) is 0.888. The van der Waals surface area contributed by atoms with E-state index in [0.717, 1.165) is 56.7 Å². The van der Waals surface area contributed by atoms with Gasteiger partial charge >= 0.3 is 5.97 Å². The second-order valence-corrected chi connectivity index (χ2v) is 9.74. The third-order valence-corrected chi connectivity index (χ3v) is 7.74. The second kappa shape index (κ2) is 10.3. The van der Waals surface area contributed by atoms with Crippen LogP contribution in [0, 0.1) is 5.92 Å². The third kappa shape index (κ3) is 5.31. The second-order valence-electron chi connectivity index (χ2n) is 7.80. The van der Waals surface area contributed by atoms with Crippen LogP contribution in [0.4, 0.5) is 0 Å². The SMILES string of the molecule is CN=C(NCc1cccc(S(=O)(=O)N2CCCCC2)c1)N1CCC(C(=O)OC)CC1. The molecule has 0 bridgehead atoms. The van der Waals surface area contributed by atoms with Gasteiger partial charge in [-0.2, -0.15) is 4.31 Å². The van der Waals surface area contributed by atoms with Gasteiger partial charge in [-0.3, -0.25) is 9.79 Å². The molecule has 2 heterocycles. The topological polar surface area (TPSA) is 91.3 Å². The number of piperidine rings is 2. The van der Waals surface area contributed by atoms with Gasteiger partial charge in [-0.1, -0.05) is 18.6 Å². The van der Waals surface area contributed by atoms with E-state index in [0.29, 0.717) is 24.5 Å². The number of hydrogen-bond acceptors (Lipinski definition) is 5. The number of carbonyl (C=O) groups excluding carboxylic acids is 1. The fourth-order valence-electron chi connectivity index (χ4n) is 4.08. The first-order chi connectivity index (χ1) is 14.5. The molecule has 0 saturated carbocycles. The molecule has 0 aliphatic carbocycles. The number of esters is 1. The molecule has 0 spiro atoms. The van der Waals surface area contributed by atoms with E-state index in [9.17, 15) is 13.2 Å². The van der Waals surface area contributed by atoms with E-state index in [1.165, 1.54) is 7.11 Å². The van der Waals surface area contributed by atoms with Crippen LogP contribution in [0.1, 0.15) is 37.7 Å². The Kier molecular flexibility index (Phi) is 7.71. The lowest BCUT2D eigenvalue weighted by Gasteiger charge is -2.33. The number of guanidine groups is 1. The van der Waals surface area contributed by atoms with Crippen LogP contribution >= 0.6 is 0 Å². The first-order valence-electron chi connectivity index (χ1n) is 10.6. The summed E-state index contributed by atoms with van der Waals surface area (Å²) in [6.45, 7) is 3.12. The van der Waals surface area contributed by atoms with E-state index >= 15 is 0 Å². The van der Waals surface area contributed by atoms with Crippen molar-refractivity contribution in [2.24, 2.45) is 10.9 Å². The van der Waals surface area contributed by atoms with Crippen molar-refractivity contribution in [3.8, 4) is 0 Å². The minimum Gasteiger partial charge on any atom is -0.469 e. The Hall–Kier alpha value is -2.13. The van der Waals surface area contributed by atoms with Crippen LogP contribution in [-0.4, -0.2) is 69.9 Å². The number of nitrogens with zero attached hydrogens (tertiary/aromatic N) is 3. The maximum atomic E-state index is 12.9. The maximum Gasteiger partial charge on any atom is 0.308 e. The Labute approximate surface area is 179 Å². The fourth-order valence-corrected chi connectivity index (χ4v) is 5.67. The van der Waals surface area contributed by atoms with Gasteiger partial charge in [-0.15, -0.1) is 0 Å². The van der Waals surface area contributed by atoms with Crippen LogP contribution in [0.25, 0.3) is 0 Å². The van der Waals surface area contributed by atoms with Crippen molar-refractivity contribution in [2.45, 2.75) is 43.5 Å². The molecule has 2 saturated heterocycles. The molecule has 166 valence electrons. The van der Waals surface area contributed by atoms with Gasteiger partial charge in [0.2, 0.25) is 10.0 Å². The zero-order chi connectivity index (χ0) is 21.6. The summed E-state index contributed by atoms with van der Waals surface area (Å²) < 4.78 is 32.3. The van der Waals surface area contributed by atoms with Crippen LogP contribution in [-0.2, 0) is 26.1 Å². The molecule has 0 atom stereocenters. The lowest BCUT2D eigenvalue weighted by molar-refractivity contribution is -0.146. The molecule has 0 amide bonds. The fraction of sp³-hybridized carbons (Fsp3) is 0.619. The van der Waals surface area contributed by atoms with Gasteiger partial charge in [0.05, 0.1) is 17.9 Å². The predicted molar refractivity (Wildman–Crippen MR) is 116 cm³/mol. The highest BCUT2D eigenvalue weighted by Crippen LogP contribution is 2.22. The largest absolute Gasteiger partial charge is 0.469 e. The lowest BCUT2D eigenvalue weighted by atomic mass is 9.97. The first kappa shape index (κ1) is 22.6. The highest BCUT2D eigenvalue weighted by Gasteiger charge is 2.28. The molecule has 2 fully saturated rings. The van der Waals surface area contributed by atoms with E-state index in [2.05, 4.69) is 15.2 Å². The van der Waals surface area contributed by atoms with Crippen molar-refractivity contribution in [2.75, 3.05) is 40.3 Å². The number of carbonyl (C=O) groups is 1. The number of likely N-dealkylation sites (tertiary alicyclic amines) is 1. The quantitative estimate of drug-likeness (QED) is 0.430. The number of rotatable bonds is 5. The van der Waals surface area contributed by atoms with Crippen molar-refractivity contribution in [1.29, 1.82) is 0 Å². The summed E-state index contributed by atoms with van der Waals surface area (Å²) in [5, 5.41) is 3.32. The molecule has 9 heteroatoms. The summed E-state index contributed by atoms with van der Waals surface area (Å²) in [7, 11) is -0.291. The summed E-state index contributed by atoms with van der Waals surface area (Å²) in [6.07, 6.45) is 4.40. The van der Waals surface area contributed by atoms with E-state index in [1.54, 1.807) is 29.6 Å². The zero-order valence-electron chi connectivity index (χ0n) is 17.8. The molecule has 0 radical (unpaired) electrons. The Balaban J connectivity index is 1.60. The summed E-state index contributed by atoms with van der Waals surface area (Å²) >= 11 is 0. The number of methoxy groups -OCH3 is 1. The third-order valence-electron chi connectivity index (χ3n) is 5.84. The minimum absolute atomic E-state index is 0.0546. The number of ether oxygens (including phenoxy) is 1. The molecule has 2 aliphatic rings. The molecule has 0 unspecified atom stereocenters. The Morgan fingerprint density at radius 3 is 2.50 bits per heavy atom. The smallest absolute Gasteiger partial charge is 0.308 e. The minimum atomic E-state index is -3.44. The van der Waals surface area contributed by atoms with Crippen LogP contribution in [0.5, 0.6) is 0 Å². The standard InChI is InChI=1S/C21H32N4O4S/c1-22-21(24-13-9-18(10-14-24)20(26)29-2)23-16-17-7-6-8-19(15-17)30(27,28)25-11-4-3-5-12-25/h6-8,15,18H,3-5,9-14,16H2,1-2H3,(H,22,23). The monoisotopic (exact) mass is 436 g/mol. The molecular formula is C21H32N4O4S. The van der Waals surface area contributed by atoms with Crippen LogP contribution in [0.2, 0.25) is 0 Å².